The minimum atomic E-state index is -1.23. The molecule has 0 aliphatic carbocycles. The van der Waals surface area contributed by atoms with Crippen molar-refractivity contribution in [3.8, 4) is 0 Å². The molecule has 0 spiro atoms. The van der Waals surface area contributed by atoms with Gasteiger partial charge in [-0.05, 0) is 33.6 Å². The highest BCUT2D eigenvalue weighted by atomic mass is 79.9. The number of rotatable bonds is 4. The zero-order valence-corrected chi connectivity index (χ0v) is 12.3. The van der Waals surface area contributed by atoms with Crippen molar-refractivity contribution in [3.05, 3.63) is 28.2 Å². The van der Waals surface area contributed by atoms with E-state index in [1.54, 1.807) is 23.9 Å². The molecule has 1 aromatic carbocycles. The largest absolute Gasteiger partial charge is 0.467 e. The summed E-state index contributed by atoms with van der Waals surface area (Å²) < 4.78 is 5.36. The summed E-state index contributed by atoms with van der Waals surface area (Å²) in [5, 5.41) is 10.2. The number of esters is 1. The van der Waals surface area contributed by atoms with Crippen LogP contribution < -0.4 is 0 Å². The quantitative estimate of drug-likeness (QED) is 0.684. The maximum absolute atomic E-state index is 11.2. The molecule has 0 amide bonds. The number of methoxy groups -OCH3 is 1. The van der Waals surface area contributed by atoms with E-state index < -0.39 is 12.1 Å². The third kappa shape index (κ3) is 4.01. The van der Waals surface area contributed by atoms with Crippen molar-refractivity contribution >= 4 is 33.7 Å². The first kappa shape index (κ1) is 14.5. The van der Waals surface area contributed by atoms with Gasteiger partial charge in [-0.25, -0.2) is 4.79 Å². The van der Waals surface area contributed by atoms with Crippen LogP contribution in [0.1, 0.15) is 25.5 Å². The van der Waals surface area contributed by atoms with E-state index in [9.17, 15) is 9.90 Å². The summed E-state index contributed by atoms with van der Waals surface area (Å²) >= 11 is 5.15. The predicted octanol–water partition coefficient (Wildman–Crippen LogP) is 3.16. The molecule has 0 saturated heterocycles. The second-order valence-corrected chi connectivity index (χ2v) is 6.25. The number of aliphatic hydroxyl groups is 1. The van der Waals surface area contributed by atoms with Gasteiger partial charge in [-0.15, -0.1) is 11.8 Å². The molecule has 3 nitrogen and oxygen atoms in total. The Hall–Kier alpha value is -0.520. The van der Waals surface area contributed by atoms with E-state index in [2.05, 4.69) is 34.5 Å². The Morgan fingerprint density at radius 2 is 2.12 bits per heavy atom. The van der Waals surface area contributed by atoms with Crippen molar-refractivity contribution in [1.29, 1.82) is 0 Å². The topological polar surface area (TPSA) is 46.5 Å². The van der Waals surface area contributed by atoms with E-state index in [4.69, 9.17) is 0 Å². The van der Waals surface area contributed by atoms with Crippen LogP contribution in [0.2, 0.25) is 0 Å². The fourth-order valence-electron chi connectivity index (χ4n) is 1.28. The minimum absolute atomic E-state index is 0.475. The number of hydrogen-bond donors (Lipinski definition) is 1. The molecule has 5 heteroatoms. The lowest BCUT2D eigenvalue weighted by Crippen LogP contribution is -2.13. The van der Waals surface area contributed by atoms with Gasteiger partial charge in [0.15, 0.2) is 6.10 Å². The molecule has 0 bridgehead atoms. The Morgan fingerprint density at radius 3 is 2.59 bits per heavy atom. The van der Waals surface area contributed by atoms with Crippen molar-refractivity contribution < 1.29 is 14.6 Å². The standard InChI is InChI=1S/C12H15BrO3S/c1-7(2)17-10-5-4-8(6-9(10)13)11(14)12(15)16-3/h4-7,11,14H,1-3H3. The maximum atomic E-state index is 11.2. The third-order valence-electron chi connectivity index (χ3n) is 2.06. The van der Waals surface area contributed by atoms with Gasteiger partial charge in [0, 0.05) is 14.6 Å². The van der Waals surface area contributed by atoms with Crippen molar-refractivity contribution in [2.45, 2.75) is 30.1 Å². The van der Waals surface area contributed by atoms with Gasteiger partial charge in [-0.1, -0.05) is 19.9 Å². The Labute approximate surface area is 114 Å². The number of ether oxygens (including phenoxy) is 1. The molecule has 0 aliphatic rings. The summed E-state index contributed by atoms with van der Waals surface area (Å²) in [6, 6.07) is 5.36. The second kappa shape index (κ2) is 6.42. The van der Waals surface area contributed by atoms with E-state index in [0.29, 0.717) is 10.8 Å². The number of carbonyl (C=O) groups excluding carboxylic acids is 1. The molecule has 1 N–H and O–H groups in total. The fourth-order valence-corrected chi connectivity index (χ4v) is 2.79. The maximum Gasteiger partial charge on any atom is 0.339 e. The lowest BCUT2D eigenvalue weighted by atomic mass is 10.1. The molecule has 1 rings (SSSR count). The first-order valence-corrected chi connectivity index (χ1v) is 6.85. The number of hydrogen-bond acceptors (Lipinski definition) is 4. The lowest BCUT2D eigenvalue weighted by molar-refractivity contribution is -0.150. The summed E-state index contributed by atoms with van der Waals surface area (Å²) in [5.41, 5.74) is 0.525. The van der Waals surface area contributed by atoms with Crippen LogP contribution in [-0.4, -0.2) is 23.4 Å². The molecular weight excluding hydrogens is 304 g/mol. The van der Waals surface area contributed by atoms with Crippen LogP contribution in [0.4, 0.5) is 0 Å². The van der Waals surface area contributed by atoms with Crippen LogP contribution >= 0.6 is 27.7 Å². The second-order valence-electron chi connectivity index (χ2n) is 3.78. The van der Waals surface area contributed by atoms with Crippen molar-refractivity contribution in [3.63, 3.8) is 0 Å². The number of halogens is 1. The van der Waals surface area contributed by atoms with E-state index in [0.717, 1.165) is 9.37 Å². The van der Waals surface area contributed by atoms with Crippen LogP contribution in [0.25, 0.3) is 0 Å². The summed E-state index contributed by atoms with van der Waals surface area (Å²) in [5.74, 6) is -0.652. The van der Waals surface area contributed by atoms with Crippen molar-refractivity contribution in [2.24, 2.45) is 0 Å². The van der Waals surface area contributed by atoms with Gasteiger partial charge in [0.25, 0.3) is 0 Å². The Kier molecular flexibility index (Phi) is 5.49. The van der Waals surface area contributed by atoms with Gasteiger partial charge in [-0.3, -0.25) is 0 Å². The third-order valence-corrected chi connectivity index (χ3v) is 4.06. The molecule has 0 aromatic heterocycles. The van der Waals surface area contributed by atoms with Gasteiger partial charge < -0.3 is 9.84 Å². The van der Waals surface area contributed by atoms with Crippen LogP contribution in [0.3, 0.4) is 0 Å². The molecule has 0 radical (unpaired) electrons. The van der Waals surface area contributed by atoms with E-state index >= 15 is 0 Å². The van der Waals surface area contributed by atoms with Gasteiger partial charge in [0.2, 0.25) is 0 Å². The highest BCUT2D eigenvalue weighted by Gasteiger charge is 2.18. The van der Waals surface area contributed by atoms with Crippen molar-refractivity contribution in [2.75, 3.05) is 7.11 Å². The number of thioether (sulfide) groups is 1. The number of benzene rings is 1. The molecule has 17 heavy (non-hydrogen) atoms. The van der Waals surface area contributed by atoms with Gasteiger partial charge in [-0.2, -0.15) is 0 Å². The average Bonchev–Trinajstić information content (AvgIpc) is 2.29. The zero-order valence-electron chi connectivity index (χ0n) is 9.94. The first-order valence-electron chi connectivity index (χ1n) is 5.17. The van der Waals surface area contributed by atoms with E-state index in [1.165, 1.54) is 7.11 Å². The molecule has 0 fully saturated rings. The fraction of sp³-hybridized carbons (Fsp3) is 0.417. The monoisotopic (exact) mass is 318 g/mol. The number of aliphatic hydroxyl groups excluding tert-OH is 1. The molecule has 0 aliphatic heterocycles. The SMILES string of the molecule is COC(=O)C(O)c1ccc(SC(C)C)c(Br)c1. The van der Waals surface area contributed by atoms with Crippen LogP contribution in [-0.2, 0) is 9.53 Å². The molecular formula is C12H15BrO3S. The van der Waals surface area contributed by atoms with Gasteiger partial charge in [0.05, 0.1) is 7.11 Å². The van der Waals surface area contributed by atoms with E-state index in [1.807, 2.05) is 6.07 Å². The smallest absolute Gasteiger partial charge is 0.339 e. The molecule has 1 aromatic rings. The molecule has 0 heterocycles. The van der Waals surface area contributed by atoms with Crippen molar-refractivity contribution in [1.82, 2.24) is 0 Å². The highest BCUT2D eigenvalue weighted by Crippen LogP contribution is 2.32. The molecule has 1 unspecified atom stereocenters. The minimum Gasteiger partial charge on any atom is -0.467 e. The summed E-state index contributed by atoms with van der Waals surface area (Å²) in [6.45, 7) is 4.21. The Balaban J connectivity index is 2.92. The van der Waals surface area contributed by atoms with Crippen LogP contribution in [0, 0.1) is 0 Å². The first-order chi connectivity index (χ1) is 7.95. The summed E-state index contributed by atoms with van der Waals surface area (Å²) in [7, 11) is 1.25. The Bertz CT molecular complexity index is 407. The van der Waals surface area contributed by atoms with E-state index in [-0.39, 0.29) is 0 Å². The zero-order chi connectivity index (χ0) is 13.0. The van der Waals surface area contributed by atoms with Crippen LogP contribution in [0.5, 0.6) is 0 Å². The molecule has 94 valence electrons. The highest BCUT2D eigenvalue weighted by molar-refractivity contribution is 9.10. The van der Waals surface area contributed by atoms with Gasteiger partial charge in [0.1, 0.15) is 0 Å². The lowest BCUT2D eigenvalue weighted by Gasteiger charge is -2.12. The molecule has 0 saturated carbocycles. The Morgan fingerprint density at radius 1 is 1.47 bits per heavy atom. The summed E-state index contributed by atoms with van der Waals surface area (Å²) in [4.78, 5) is 12.3. The number of carbonyl (C=O) groups is 1. The predicted molar refractivity (Wildman–Crippen MR) is 72.1 cm³/mol. The normalized spacial score (nSPS) is 12.6. The van der Waals surface area contributed by atoms with Crippen LogP contribution in [0.15, 0.2) is 27.6 Å². The molecule has 1 atom stereocenters. The summed E-state index contributed by atoms with van der Waals surface area (Å²) in [6.07, 6.45) is -1.23. The van der Waals surface area contributed by atoms with Gasteiger partial charge >= 0.3 is 5.97 Å². The average molecular weight is 319 g/mol.